The average molecular weight is 201 g/mol. The summed E-state index contributed by atoms with van der Waals surface area (Å²) < 4.78 is 0. The van der Waals surface area contributed by atoms with E-state index < -0.39 is 0 Å². The van der Waals surface area contributed by atoms with E-state index in [4.69, 9.17) is 5.26 Å². The van der Waals surface area contributed by atoms with Gasteiger partial charge in [-0.1, -0.05) is 6.07 Å². The highest BCUT2D eigenvalue weighted by Crippen LogP contribution is 2.25. The number of anilines is 1. The zero-order chi connectivity index (χ0) is 10.5. The fraction of sp³-hybridized carbons (Fsp3) is 0.500. The smallest absolute Gasteiger partial charge is 0.126 e. The summed E-state index contributed by atoms with van der Waals surface area (Å²) in [5.74, 6) is 1.21. The Morgan fingerprint density at radius 1 is 1.27 bits per heavy atom. The standard InChI is InChI=1S/C12H15N3/c13-9-10-4-6-11(7-5-10)15-12-3-1-2-8-14-12/h1-3,8,10-11H,4-7H2,(H,14,15). The van der Waals surface area contributed by atoms with E-state index in [1.54, 1.807) is 6.20 Å². The Balaban J connectivity index is 1.85. The van der Waals surface area contributed by atoms with Crippen LogP contribution in [0.5, 0.6) is 0 Å². The van der Waals surface area contributed by atoms with Crippen molar-refractivity contribution in [1.82, 2.24) is 4.98 Å². The third-order valence-electron chi connectivity index (χ3n) is 2.93. The molecule has 78 valence electrons. The Labute approximate surface area is 90.1 Å². The van der Waals surface area contributed by atoms with Crippen molar-refractivity contribution in [3.8, 4) is 6.07 Å². The molecule has 1 aromatic heterocycles. The molecule has 0 aliphatic heterocycles. The lowest BCUT2D eigenvalue weighted by Gasteiger charge is -2.25. The summed E-state index contributed by atoms with van der Waals surface area (Å²) in [5, 5.41) is 12.2. The van der Waals surface area contributed by atoms with Crippen LogP contribution in [0.25, 0.3) is 0 Å². The van der Waals surface area contributed by atoms with Crippen LogP contribution in [0.1, 0.15) is 25.7 Å². The molecule has 3 heteroatoms. The number of nitriles is 1. The number of hydrogen-bond acceptors (Lipinski definition) is 3. The molecule has 1 aliphatic carbocycles. The summed E-state index contributed by atoms with van der Waals surface area (Å²) in [6, 6.07) is 8.71. The van der Waals surface area contributed by atoms with Gasteiger partial charge in [-0.25, -0.2) is 4.98 Å². The van der Waals surface area contributed by atoms with Crippen LogP contribution < -0.4 is 5.32 Å². The Kier molecular flexibility index (Phi) is 3.18. The highest BCUT2D eigenvalue weighted by molar-refractivity contribution is 5.34. The van der Waals surface area contributed by atoms with Crippen LogP contribution in [0.4, 0.5) is 5.82 Å². The Morgan fingerprint density at radius 2 is 2.07 bits per heavy atom. The monoisotopic (exact) mass is 201 g/mol. The first-order valence-electron chi connectivity index (χ1n) is 5.45. The molecule has 0 unspecified atom stereocenters. The van der Waals surface area contributed by atoms with Crippen molar-refractivity contribution in [3.63, 3.8) is 0 Å². The summed E-state index contributed by atoms with van der Waals surface area (Å²) in [6.07, 6.45) is 5.98. The van der Waals surface area contributed by atoms with E-state index in [0.29, 0.717) is 6.04 Å². The topological polar surface area (TPSA) is 48.7 Å². The van der Waals surface area contributed by atoms with E-state index in [1.807, 2.05) is 18.2 Å². The van der Waals surface area contributed by atoms with Crippen LogP contribution in [-0.2, 0) is 0 Å². The number of nitrogens with one attached hydrogen (secondary N) is 1. The largest absolute Gasteiger partial charge is 0.367 e. The Bertz CT molecular complexity index is 334. The molecule has 0 atom stereocenters. The van der Waals surface area contributed by atoms with Gasteiger partial charge in [0.1, 0.15) is 5.82 Å². The first kappa shape index (κ1) is 9.97. The van der Waals surface area contributed by atoms with Crippen molar-refractivity contribution in [3.05, 3.63) is 24.4 Å². The van der Waals surface area contributed by atoms with Gasteiger partial charge in [0.2, 0.25) is 0 Å². The lowest BCUT2D eigenvalue weighted by Crippen LogP contribution is -2.25. The van der Waals surface area contributed by atoms with Gasteiger partial charge < -0.3 is 5.32 Å². The van der Waals surface area contributed by atoms with Crippen LogP contribution in [0.3, 0.4) is 0 Å². The van der Waals surface area contributed by atoms with Gasteiger partial charge in [0.05, 0.1) is 6.07 Å². The van der Waals surface area contributed by atoms with Crippen LogP contribution in [0, 0.1) is 17.2 Å². The van der Waals surface area contributed by atoms with Gasteiger partial charge in [-0.15, -0.1) is 0 Å². The molecule has 0 bridgehead atoms. The van der Waals surface area contributed by atoms with Crippen molar-refractivity contribution in [1.29, 1.82) is 5.26 Å². The Hall–Kier alpha value is -1.56. The highest BCUT2D eigenvalue weighted by atomic mass is 15.0. The highest BCUT2D eigenvalue weighted by Gasteiger charge is 2.20. The van der Waals surface area contributed by atoms with Crippen LogP contribution in [0.15, 0.2) is 24.4 Å². The van der Waals surface area contributed by atoms with E-state index in [0.717, 1.165) is 31.5 Å². The fourth-order valence-corrected chi connectivity index (χ4v) is 2.02. The molecule has 0 saturated heterocycles. The quantitative estimate of drug-likeness (QED) is 0.800. The average Bonchev–Trinajstić information content (AvgIpc) is 2.31. The van der Waals surface area contributed by atoms with Gasteiger partial charge in [0.25, 0.3) is 0 Å². The van der Waals surface area contributed by atoms with Crippen molar-refractivity contribution < 1.29 is 0 Å². The molecule has 1 aromatic rings. The summed E-state index contributed by atoms with van der Waals surface area (Å²) in [6.45, 7) is 0. The van der Waals surface area contributed by atoms with Gasteiger partial charge in [0.15, 0.2) is 0 Å². The summed E-state index contributed by atoms with van der Waals surface area (Å²) in [7, 11) is 0. The third kappa shape index (κ3) is 2.69. The molecule has 3 nitrogen and oxygen atoms in total. The summed E-state index contributed by atoms with van der Waals surface area (Å²) >= 11 is 0. The number of pyridine rings is 1. The molecule has 1 saturated carbocycles. The molecule has 0 amide bonds. The summed E-state index contributed by atoms with van der Waals surface area (Å²) in [4.78, 5) is 4.24. The molecule has 1 heterocycles. The van der Waals surface area contributed by atoms with E-state index in [2.05, 4.69) is 16.4 Å². The molecular weight excluding hydrogens is 186 g/mol. The third-order valence-corrected chi connectivity index (χ3v) is 2.93. The number of hydrogen-bond donors (Lipinski definition) is 1. The van der Waals surface area contributed by atoms with E-state index in [9.17, 15) is 0 Å². The molecular formula is C12H15N3. The van der Waals surface area contributed by atoms with Crippen LogP contribution >= 0.6 is 0 Å². The molecule has 15 heavy (non-hydrogen) atoms. The van der Waals surface area contributed by atoms with Crippen LogP contribution in [0.2, 0.25) is 0 Å². The second kappa shape index (κ2) is 4.79. The molecule has 0 aromatic carbocycles. The molecule has 1 aliphatic rings. The zero-order valence-electron chi connectivity index (χ0n) is 8.69. The van der Waals surface area contributed by atoms with Gasteiger partial charge in [-0.05, 0) is 37.8 Å². The predicted octanol–water partition coefficient (Wildman–Crippen LogP) is 2.58. The van der Waals surface area contributed by atoms with Crippen molar-refractivity contribution in [2.45, 2.75) is 31.7 Å². The molecule has 0 radical (unpaired) electrons. The molecule has 1 N–H and O–H groups in total. The van der Waals surface area contributed by atoms with Gasteiger partial charge >= 0.3 is 0 Å². The lowest BCUT2D eigenvalue weighted by molar-refractivity contribution is 0.397. The van der Waals surface area contributed by atoms with Crippen molar-refractivity contribution in [2.75, 3.05) is 5.32 Å². The number of nitrogens with zero attached hydrogens (tertiary/aromatic N) is 2. The molecule has 1 fully saturated rings. The second-order valence-corrected chi connectivity index (χ2v) is 4.04. The second-order valence-electron chi connectivity index (χ2n) is 4.04. The first-order chi connectivity index (χ1) is 7.38. The van der Waals surface area contributed by atoms with Crippen molar-refractivity contribution in [2.24, 2.45) is 5.92 Å². The van der Waals surface area contributed by atoms with E-state index in [1.165, 1.54) is 0 Å². The van der Waals surface area contributed by atoms with Gasteiger partial charge in [0, 0.05) is 18.2 Å². The van der Waals surface area contributed by atoms with Gasteiger partial charge in [-0.2, -0.15) is 5.26 Å². The molecule has 2 rings (SSSR count). The van der Waals surface area contributed by atoms with Crippen LogP contribution in [-0.4, -0.2) is 11.0 Å². The SMILES string of the molecule is N#CC1CCC(Nc2ccccn2)CC1. The minimum absolute atomic E-state index is 0.270. The van der Waals surface area contributed by atoms with Gasteiger partial charge in [-0.3, -0.25) is 0 Å². The van der Waals surface area contributed by atoms with E-state index >= 15 is 0 Å². The maximum atomic E-state index is 8.78. The normalized spacial score (nSPS) is 25.5. The number of aromatic nitrogens is 1. The predicted molar refractivity (Wildman–Crippen MR) is 59.2 cm³/mol. The lowest BCUT2D eigenvalue weighted by atomic mass is 9.87. The Morgan fingerprint density at radius 3 is 2.67 bits per heavy atom. The minimum Gasteiger partial charge on any atom is -0.367 e. The zero-order valence-corrected chi connectivity index (χ0v) is 8.69. The fourth-order valence-electron chi connectivity index (χ4n) is 2.02. The maximum absolute atomic E-state index is 8.78. The minimum atomic E-state index is 0.270. The number of rotatable bonds is 2. The first-order valence-corrected chi connectivity index (χ1v) is 5.45. The summed E-state index contributed by atoms with van der Waals surface area (Å²) in [5.41, 5.74) is 0. The molecule has 0 spiro atoms. The maximum Gasteiger partial charge on any atom is 0.126 e. The van der Waals surface area contributed by atoms with E-state index in [-0.39, 0.29) is 5.92 Å². The van der Waals surface area contributed by atoms with Crippen molar-refractivity contribution >= 4 is 5.82 Å².